The SMILES string of the molecule is CC[C@@H](C(=O)NC(C)C)N(Cc1c(Cl)cccc1Cl)C(=O)CSCc1c(Cl)cccc1Cl. The predicted octanol–water partition coefficient (Wildman–Crippen LogP) is 6.87. The summed E-state index contributed by atoms with van der Waals surface area (Å²) in [4.78, 5) is 27.7. The molecule has 2 amide bonds. The molecule has 0 aromatic heterocycles. The van der Waals surface area contributed by atoms with Crippen molar-refractivity contribution < 1.29 is 9.59 Å². The van der Waals surface area contributed by atoms with Crippen molar-refractivity contribution in [2.24, 2.45) is 0 Å². The number of hydrogen-bond donors (Lipinski definition) is 1. The smallest absolute Gasteiger partial charge is 0.243 e. The van der Waals surface area contributed by atoms with Crippen LogP contribution in [0.4, 0.5) is 0 Å². The summed E-state index contributed by atoms with van der Waals surface area (Å²) in [5, 5.41) is 4.91. The fourth-order valence-electron chi connectivity index (χ4n) is 3.15. The number of rotatable bonds is 10. The van der Waals surface area contributed by atoms with Gasteiger partial charge in [-0.25, -0.2) is 0 Å². The zero-order chi connectivity index (χ0) is 23.8. The molecule has 0 radical (unpaired) electrons. The molecule has 2 rings (SSSR count). The van der Waals surface area contributed by atoms with E-state index in [1.54, 1.807) is 41.3 Å². The summed E-state index contributed by atoms with van der Waals surface area (Å²) in [5.74, 6) is 0.215. The number of carbonyl (C=O) groups excluding carboxylic acids is 2. The Hall–Kier alpha value is -1.11. The minimum Gasteiger partial charge on any atom is -0.352 e. The molecule has 174 valence electrons. The first-order valence-corrected chi connectivity index (χ1v) is 12.9. The van der Waals surface area contributed by atoms with Gasteiger partial charge in [-0.05, 0) is 50.1 Å². The molecule has 32 heavy (non-hydrogen) atoms. The van der Waals surface area contributed by atoms with Crippen molar-refractivity contribution in [3.05, 3.63) is 67.6 Å². The molecule has 0 aliphatic rings. The quantitative estimate of drug-likeness (QED) is 0.361. The van der Waals surface area contributed by atoms with Gasteiger partial charge in [0.05, 0.1) is 5.75 Å². The standard InChI is InChI=1S/C23H26Cl4N2O2S/c1-4-21(23(31)28-14(2)3)29(11-15-17(24)7-5-8-18(15)25)22(30)13-32-12-16-19(26)9-6-10-20(16)27/h5-10,14,21H,4,11-13H2,1-3H3,(H,28,31)/t21-/m0/s1. The molecular formula is C23H26Cl4N2O2S. The predicted molar refractivity (Wildman–Crippen MR) is 137 cm³/mol. The Bertz CT molecular complexity index is 915. The molecule has 1 N–H and O–H groups in total. The summed E-state index contributed by atoms with van der Waals surface area (Å²) in [5.41, 5.74) is 1.39. The zero-order valence-electron chi connectivity index (χ0n) is 18.1. The Balaban J connectivity index is 2.24. The number of halogens is 4. The number of carbonyl (C=O) groups is 2. The summed E-state index contributed by atoms with van der Waals surface area (Å²) in [6.45, 7) is 5.76. The Morgan fingerprint density at radius 1 is 0.938 bits per heavy atom. The van der Waals surface area contributed by atoms with Crippen LogP contribution in [0.15, 0.2) is 36.4 Å². The van der Waals surface area contributed by atoms with Crippen LogP contribution in [0.3, 0.4) is 0 Å². The van der Waals surface area contributed by atoms with E-state index in [1.165, 1.54) is 11.8 Å². The third-order valence-corrected chi connectivity index (χ3v) is 7.10. The first kappa shape index (κ1) is 27.1. The van der Waals surface area contributed by atoms with E-state index in [4.69, 9.17) is 46.4 Å². The van der Waals surface area contributed by atoms with Crippen LogP contribution in [0, 0.1) is 0 Å². The van der Waals surface area contributed by atoms with Crippen molar-refractivity contribution in [3.63, 3.8) is 0 Å². The van der Waals surface area contributed by atoms with Crippen molar-refractivity contribution in [2.75, 3.05) is 5.75 Å². The molecular weight excluding hydrogens is 510 g/mol. The normalized spacial score (nSPS) is 12.0. The van der Waals surface area contributed by atoms with Crippen LogP contribution in [-0.2, 0) is 21.9 Å². The van der Waals surface area contributed by atoms with Crippen molar-refractivity contribution in [2.45, 2.75) is 51.6 Å². The molecule has 0 saturated carbocycles. The number of nitrogens with one attached hydrogen (secondary N) is 1. The van der Waals surface area contributed by atoms with Gasteiger partial charge in [0.25, 0.3) is 0 Å². The van der Waals surface area contributed by atoms with Crippen LogP contribution in [-0.4, -0.2) is 34.6 Å². The number of thioether (sulfide) groups is 1. The van der Waals surface area contributed by atoms with Gasteiger partial charge in [0.1, 0.15) is 6.04 Å². The van der Waals surface area contributed by atoms with Crippen molar-refractivity contribution in [1.29, 1.82) is 0 Å². The fraction of sp³-hybridized carbons (Fsp3) is 0.391. The molecule has 0 bridgehead atoms. The zero-order valence-corrected chi connectivity index (χ0v) is 22.0. The Morgan fingerprint density at radius 3 is 1.91 bits per heavy atom. The minimum atomic E-state index is -0.651. The molecule has 9 heteroatoms. The average molecular weight is 536 g/mol. The summed E-state index contributed by atoms with van der Waals surface area (Å²) in [7, 11) is 0. The van der Waals surface area contributed by atoms with E-state index in [1.807, 2.05) is 20.8 Å². The van der Waals surface area contributed by atoms with Gasteiger partial charge >= 0.3 is 0 Å². The maximum absolute atomic E-state index is 13.3. The highest BCUT2D eigenvalue weighted by molar-refractivity contribution is 7.99. The summed E-state index contributed by atoms with van der Waals surface area (Å²) < 4.78 is 0. The highest BCUT2D eigenvalue weighted by Gasteiger charge is 2.30. The lowest BCUT2D eigenvalue weighted by atomic mass is 10.1. The number of hydrogen-bond acceptors (Lipinski definition) is 3. The average Bonchev–Trinajstić information content (AvgIpc) is 2.71. The second-order valence-corrected chi connectivity index (χ2v) is 10.1. The molecule has 0 aliphatic carbocycles. The molecule has 0 unspecified atom stereocenters. The van der Waals surface area contributed by atoms with Gasteiger partial charge in [-0.15, -0.1) is 11.8 Å². The van der Waals surface area contributed by atoms with Gasteiger partial charge in [0.2, 0.25) is 11.8 Å². The summed E-state index contributed by atoms with van der Waals surface area (Å²) in [6, 6.07) is 9.78. The van der Waals surface area contributed by atoms with E-state index < -0.39 is 6.04 Å². The van der Waals surface area contributed by atoms with Gasteiger partial charge in [0.15, 0.2) is 0 Å². The van der Waals surface area contributed by atoms with Crippen LogP contribution in [0.2, 0.25) is 20.1 Å². The molecule has 1 atom stereocenters. The largest absolute Gasteiger partial charge is 0.352 e. The first-order valence-electron chi connectivity index (χ1n) is 10.2. The Morgan fingerprint density at radius 2 is 1.44 bits per heavy atom. The first-order chi connectivity index (χ1) is 15.1. The highest BCUT2D eigenvalue weighted by Crippen LogP contribution is 2.30. The van der Waals surface area contributed by atoms with Crippen LogP contribution < -0.4 is 5.32 Å². The fourth-order valence-corrected chi connectivity index (χ4v) is 5.31. The van der Waals surface area contributed by atoms with Crippen molar-refractivity contribution >= 4 is 70.0 Å². The van der Waals surface area contributed by atoms with E-state index in [-0.39, 0.29) is 30.2 Å². The van der Waals surface area contributed by atoms with Crippen molar-refractivity contribution in [1.82, 2.24) is 10.2 Å². The van der Waals surface area contributed by atoms with Gasteiger partial charge in [-0.3, -0.25) is 9.59 Å². The number of nitrogens with zero attached hydrogens (tertiary/aromatic N) is 1. The number of amides is 2. The third kappa shape index (κ3) is 7.46. The Labute approximate surface area is 213 Å². The van der Waals surface area contributed by atoms with Gasteiger partial charge in [-0.2, -0.15) is 0 Å². The van der Waals surface area contributed by atoms with Crippen LogP contribution in [0.1, 0.15) is 38.3 Å². The highest BCUT2D eigenvalue weighted by atomic mass is 35.5. The molecule has 0 aliphatic heterocycles. The van der Waals surface area contributed by atoms with Gasteiger partial charge < -0.3 is 10.2 Å². The monoisotopic (exact) mass is 534 g/mol. The molecule has 4 nitrogen and oxygen atoms in total. The van der Waals surface area contributed by atoms with E-state index in [2.05, 4.69) is 5.32 Å². The third-order valence-electron chi connectivity index (χ3n) is 4.74. The van der Waals surface area contributed by atoms with Crippen LogP contribution >= 0.6 is 58.2 Å². The van der Waals surface area contributed by atoms with Gasteiger partial charge in [0, 0.05) is 44.0 Å². The summed E-state index contributed by atoms with van der Waals surface area (Å²) >= 11 is 26.6. The molecule has 2 aromatic rings. The molecule has 0 fully saturated rings. The van der Waals surface area contributed by atoms with Crippen LogP contribution in [0.25, 0.3) is 0 Å². The second kappa shape index (κ2) is 13.0. The van der Waals surface area contributed by atoms with Crippen LogP contribution in [0.5, 0.6) is 0 Å². The van der Waals surface area contributed by atoms with E-state index in [0.29, 0.717) is 37.8 Å². The molecule has 0 saturated heterocycles. The van der Waals surface area contributed by atoms with E-state index >= 15 is 0 Å². The van der Waals surface area contributed by atoms with Crippen molar-refractivity contribution in [3.8, 4) is 0 Å². The van der Waals surface area contributed by atoms with E-state index in [9.17, 15) is 9.59 Å². The number of benzene rings is 2. The topological polar surface area (TPSA) is 49.4 Å². The lowest BCUT2D eigenvalue weighted by Crippen LogP contribution is -2.51. The summed E-state index contributed by atoms with van der Waals surface area (Å²) in [6.07, 6.45) is 0.452. The minimum absolute atomic E-state index is 0.0471. The molecule has 0 heterocycles. The van der Waals surface area contributed by atoms with Gasteiger partial charge in [-0.1, -0.05) is 65.5 Å². The van der Waals surface area contributed by atoms with E-state index in [0.717, 1.165) is 5.56 Å². The lowest BCUT2D eigenvalue weighted by molar-refractivity contribution is -0.139. The second-order valence-electron chi connectivity index (χ2n) is 7.50. The maximum Gasteiger partial charge on any atom is 0.243 e. The maximum atomic E-state index is 13.3. The molecule has 0 spiro atoms. The lowest BCUT2D eigenvalue weighted by Gasteiger charge is -2.31. The Kier molecular flexibility index (Phi) is 11.0. The molecule has 2 aromatic carbocycles.